The van der Waals surface area contributed by atoms with E-state index in [1.807, 2.05) is 0 Å². The van der Waals surface area contributed by atoms with Crippen LogP contribution in [0.3, 0.4) is 0 Å². The summed E-state index contributed by atoms with van der Waals surface area (Å²) < 4.78 is 31.3. The zero-order valence-electron chi connectivity index (χ0n) is 10.1. The molecule has 0 aromatic heterocycles. The van der Waals surface area contributed by atoms with Gasteiger partial charge >= 0.3 is 0 Å². The Morgan fingerprint density at radius 3 is 2.84 bits per heavy atom. The monoisotopic (exact) mass is 351 g/mol. The van der Waals surface area contributed by atoms with Gasteiger partial charge in [-0.05, 0) is 18.2 Å². The minimum atomic E-state index is -3.56. The Bertz CT molecular complexity index is 574. The van der Waals surface area contributed by atoms with Crippen LogP contribution in [-0.2, 0) is 14.8 Å². The molecule has 0 atom stereocenters. The number of anilines is 1. The minimum absolute atomic E-state index is 0.0742. The second-order valence-corrected chi connectivity index (χ2v) is 6.35. The van der Waals surface area contributed by atoms with E-state index in [0.717, 1.165) is 0 Å². The number of hydrogen-bond acceptors (Lipinski definition) is 5. The van der Waals surface area contributed by atoms with Crippen LogP contribution in [0.2, 0.25) is 0 Å². The van der Waals surface area contributed by atoms with E-state index in [2.05, 4.69) is 25.8 Å². The van der Waals surface area contributed by atoms with Crippen LogP contribution >= 0.6 is 15.9 Å². The van der Waals surface area contributed by atoms with E-state index >= 15 is 0 Å². The smallest absolute Gasteiger partial charge is 0.235 e. The van der Waals surface area contributed by atoms with Crippen LogP contribution in [0.4, 0.5) is 5.69 Å². The maximum Gasteiger partial charge on any atom is 0.235 e. The summed E-state index contributed by atoms with van der Waals surface area (Å²) in [6, 6.07) is 4.70. The molecule has 0 aliphatic rings. The number of sulfonamides is 1. The summed E-state index contributed by atoms with van der Waals surface area (Å²) in [5.74, 6) is -0.374. The Labute approximate surface area is 119 Å². The second-order valence-electron chi connectivity index (χ2n) is 3.59. The molecule has 19 heavy (non-hydrogen) atoms. The van der Waals surface area contributed by atoms with Crippen LogP contribution in [0, 0.1) is 0 Å². The molecule has 0 bridgehead atoms. The molecular formula is C10H14BrN3O4S. The summed E-state index contributed by atoms with van der Waals surface area (Å²) >= 11 is 3.23. The first-order valence-electron chi connectivity index (χ1n) is 5.16. The normalized spacial score (nSPS) is 12.4. The number of oxime groups is 1. The standard InChI is InChI=1S/C10H14BrN3O4S/c1-18-4-5-19(16,17)14-9-3-2-7(11)6-8(9)10(12)13-15/h2-3,6,14-15H,4-5H2,1H3,(H2,12,13). The second kappa shape index (κ2) is 6.73. The molecule has 9 heteroatoms. The van der Waals surface area contributed by atoms with E-state index in [1.54, 1.807) is 12.1 Å². The van der Waals surface area contributed by atoms with Gasteiger partial charge in [0, 0.05) is 17.1 Å². The first-order valence-corrected chi connectivity index (χ1v) is 7.61. The molecule has 0 amide bonds. The Morgan fingerprint density at radius 2 is 2.26 bits per heavy atom. The van der Waals surface area contributed by atoms with Gasteiger partial charge in [0.15, 0.2) is 5.84 Å². The molecule has 0 heterocycles. The lowest BCUT2D eigenvalue weighted by Crippen LogP contribution is -2.23. The highest BCUT2D eigenvalue weighted by molar-refractivity contribution is 9.10. The molecule has 1 aromatic rings. The van der Waals surface area contributed by atoms with Gasteiger partial charge in [-0.2, -0.15) is 0 Å². The number of halogens is 1. The van der Waals surface area contributed by atoms with E-state index in [0.29, 0.717) is 4.47 Å². The Kier molecular flexibility index (Phi) is 5.58. The minimum Gasteiger partial charge on any atom is -0.409 e. The van der Waals surface area contributed by atoms with E-state index in [-0.39, 0.29) is 29.4 Å². The van der Waals surface area contributed by atoms with Gasteiger partial charge in [-0.25, -0.2) is 8.42 Å². The number of methoxy groups -OCH3 is 1. The van der Waals surface area contributed by atoms with Crippen LogP contribution in [0.5, 0.6) is 0 Å². The summed E-state index contributed by atoms with van der Waals surface area (Å²) in [7, 11) is -2.14. The highest BCUT2D eigenvalue weighted by Crippen LogP contribution is 2.22. The molecule has 7 nitrogen and oxygen atoms in total. The molecule has 0 unspecified atom stereocenters. The van der Waals surface area contributed by atoms with Gasteiger partial charge in [0.1, 0.15) is 0 Å². The number of benzene rings is 1. The molecular weight excluding hydrogens is 338 g/mol. The number of ether oxygens (including phenoxy) is 1. The van der Waals surface area contributed by atoms with Gasteiger partial charge in [-0.3, -0.25) is 4.72 Å². The predicted molar refractivity (Wildman–Crippen MR) is 75.9 cm³/mol. The van der Waals surface area contributed by atoms with Crippen molar-refractivity contribution >= 4 is 37.5 Å². The molecule has 0 saturated heterocycles. The van der Waals surface area contributed by atoms with Crippen molar-refractivity contribution in [2.45, 2.75) is 0 Å². The molecule has 1 aromatic carbocycles. The number of nitrogens with one attached hydrogen (secondary N) is 1. The molecule has 0 saturated carbocycles. The van der Waals surface area contributed by atoms with E-state index in [9.17, 15) is 8.42 Å². The average Bonchev–Trinajstić information content (AvgIpc) is 2.37. The van der Waals surface area contributed by atoms with Crippen molar-refractivity contribution in [3.8, 4) is 0 Å². The van der Waals surface area contributed by atoms with Gasteiger partial charge in [0.2, 0.25) is 10.0 Å². The highest BCUT2D eigenvalue weighted by atomic mass is 79.9. The molecule has 0 aliphatic carbocycles. The van der Waals surface area contributed by atoms with Crippen LogP contribution in [0.15, 0.2) is 27.8 Å². The summed E-state index contributed by atoms with van der Waals surface area (Å²) in [4.78, 5) is 0. The number of amidine groups is 1. The van der Waals surface area contributed by atoms with Gasteiger partial charge < -0.3 is 15.7 Å². The topological polar surface area (TPSA) is 114 Å². The maximum atomic E-state index is 11.8. The molecule has 106 valence electrons. The van der Waals surface area contributed by atoms with Crippen LogP contribution in [-0.4, -0.2) is 38.9 Å². The fraction of sp³-hybridized carbons (Fsp3) is 0.300. The van der Waals surface area contributed by atoms with E-state index in [1.165, 1.54) is 13.2 Å². The summed E-state index contributed by atoms with van der Waals surface area (Å²) in [5, 5.41) is 11.6. The summed E-state index contributed by atoms with van der Waals surface area (Å²) in [5.41, 5.74) is 6.01. The maximum absolute atomic E-state index is 11.8. The zero-order chi connectivity index (χ0) is 14.5. The van der Waals surface area contributed by atoms with Gasteiger partial charge in [-0.15, -0.1) is 0 Å². The Balaban J connectivity index is 3.08. The van der Waals surface area contributed by atoms with Crippen molar-refractivity contribution < 1.29 is 18.4 Å². The van der Waals surface area contributed by atoms with E-state index in [4.69, 9.17) is 15.7 Å². The SMILES string of the molecule is COCCS(=O)(=O)Nc1ccc(Br)cc1/C(N)=N/O. The zero-order valence-corrected chi connectivity index (χ0v) is 12.5. The van der Waals surface area contributed by atoms with Gasteiger partial charge in [0.05, 0.1) is 18.0 Å². The third kappa shape index (κ3) is 4.69. The van der Waals surface area contributed by atoms with Crippen molar-refractivity contribution in [1.82, 2.24) is 0 Å². The fourth-order valence-electron chi connectivity index (χ4n) is 1.28. The Morgan fingerprint density at radius 1 is 1.58 bits per heavy atom. The fourth-order valence-corrected chi connectivity index (χ4v) is 2.65. The Hall–Kier alpha value is -1.32. The number of hydrogen-bond donors (Lipinski definition) is 3. The molecule has 1 rings (SSSR count). The lowest BCUT2D eigenvalue weighted by molar-refractivity contribution is 0.217. The van der Waals surface area contributed by atoms with Crippen LogP contribution in [0.1, 0.15) is 5.56 Å². The lowest BCUT2D eigenvalue weighted by atomic mass is 10.2. The van der Waals surface area contributed by atoms with Crippen LogP contribution < -0.4 is 10.5 Å². The molecule has 0 fully saturated rings. The van der Waals surface area contributed by atoms with Crippen molar-refractivity contribution in [3.63, 3.8) is 0 Å². The van der Waals surface area contributed by atoms with E-state index < -0.39 is 10.0 Å². The molecule has 4 N–H and O–H groups in total. The molecule has 0 aliphatic heterocycles. The first kappa shape index (κ1) is 15.7. The van der Waals surface area contributed by atoms with Crippen molar-refractivity contribution in [2.75, 3.05) is 24.2 Å². The largest absolute Gasteiger partial charge is 0.409 e. The van der Waals surface area contributed by atoms with Crippen molar-refractivity contribution in [2.24, 2.45) is 10.9 Å². The van der Waals surface area contributed by atoms with Gasteiger partial charge in [0.25, 0.3) is 0 Å². The third-order valence-corrected chi connectivity index (χ3v) is 3.92. The average molecular weight is 352 g/mol. The summed E-state index contributed by atoms with van der Waals surface area (Å²) in [6.07, 6.45) is 0. The number of rotatable bonds is 6. The van der Waals surface area contributed by atoms with Crippen molar-refractivity contribution in [1.29, 1.82) is 0 Å². The highest BCUT2D eigenvalue weighted by Gasteiger charge is 2.15. The number of nitrogens with zero attached hydrogens (tertiary/aromatic N) is 1. The first-order chi connectivity index (χ1) is 8.89. The van der Waals surface area contributed by atoms with Crippen LogP contribution in [0.25, 0.3) is 0 Å². The third-order valence-electron chi connectivity index (χ3n) is 2.19. The van der Waals surface area contributed by atoms with Crippen molar-refractivity contribution in [3.05, 3.63) is 28.2 Å². The number of nitrogens with two attached hydrogens (primary N) is 1. The molecule has 0 radical (unpaired) electrons. The predicted octanol–water partition coefficient (Wildman–Crippen LogP) is 0.932. The lowest BCUT2D eigenvalue weighted by Gasteiger charge is -2.12. The molecule has 0 spiro atoms. The van der Waals surface area contributed by atoms with Gasteiger partial charge in [-0.1, -0.05) is 21.1 Å². The summed E-state index contributed by atoms with van der Waals surface area (Å²) in [6.45, 7) is 0.0742. The quantitative estimate of drug-likeness (QED) is 0.305.